The molecule has 0 aromatic heterocycles. The van der Waals surface area contributed by atoms with E-state index in [2.05, 4.69) is 17.4 Å². The first-order valence-electron chi connectivity index (χ1n) is 6.60. The summed E-state index contributed by atoms with van der Waals surface area (Å²) in [6.45, 7) is 5.74. The van der Waals surface area contributed by atoms with Crippen molar-refractivity contribution in [3.8, 4) is 0 Å². The first-order valence-corrected chi connectivity index (χ1v) is 7.42. The van der Waals surface area contributed by atoms with Gasteiger partial charge in [0.15, 0.2) is 0 Å². The summed E-state index contributed by atoms with van der Waals surface area (Å²) < 4.78 is 0. The third-order valence-corrected chi connectivity index (χ3v) is 3.87. The van der Waals surface area contributed by atoms with Crippen molar-refractivity contribution < 1.29 is 4.79 Å². The normalized spacial score (nSPS) is 11.2. The van der Waals surface area contributed by atoms with Crippen molar-refractivity contribution >= 4 is 23.4 Å². The highest BCUT2D eigenvalue weighted by Gasteiger charge is 2.22. The van der Waals surface area contributed by atoms with E-state index < -0.39 is 5.41 Å². The van der Waals surface area contributed by atoms with Crippen molar-refractivity contribution in [1.82, 2.24) is 0 Å². The number of rotatable bonds is 3. The summed E-state index contributed by atoms with van der Waals surface area (Å²) in [7, 11) is 0. The summed E-state index contributed by atoms with van der Waals surface area (Å²) in [6.07, 6.45) is 0. The summed E-state index contributed by atoms with van der Waals surface area (Å²) >= 11 is 1.65. The van der Waals surface area contributed by atoms with Gasteiger partial charge in [-0.1, -0.05) is 62.9 Å². The van der Waals surface area contributed by atoms with Gasteiger partial charge in [0.05, 0.1) is 5.69 Å². The van der Waals surface area contributed by atoms with Gasteiger partial charge >= 0.3 is 0 Å². The Bertz CT molecular complexity index is 587. The Hall–Kier alpha value is -1.74. The van der Waals surface area contributed by atoms with Crippen LogP contribution in [-0.4, -0.2) is 5.91 Å². The predicted molar refractivity (Wildman–Crippen MR) is 85.1 cm³/mol. The average Bonchev–Trinajstić information content (AvgIpc) is 2.41. The number of anilines is 1. The van der Waals surface area contributed by atoms with Crippen molar-refractivity contribution in [2.75, 3.05) is 5.32 Å². The standard InChI is InChI=1S/C17H19NOS/c1-17(2,3)16(19)18-14-11-7-8-12-15(14)20-13-9-5-4-6-10-13/h4-12H,1-3H3,(H,18,19). The lowest BCUT2D eigenvalue weighted by molar-refractivity contribution is -0.123. The maximum atomic E-state index is 12.1. The number of hydrogen-bond acceptors (Lipinski definition) is 2. The molecule has 0 fully saturated rings. The number of carbonyl (C=O) groups is 1. The summed E-state index contributed by atoms with van der Waals surface area (Å²) in [4.78, 5) is 14.3. The van der Waals surface area contributed by atoms with Crippen LogP contribution in [0.15, 0.2) is 64.4 Å². The van der Waals surface area contributed by atoms with E-state index in [0.29, 0.717) is 0 Å². The maximum absolute atomic E-state index is 12.1. The Morgan fingerprint density at radius 2 is 1.55 bits per heavy atom. The molecule has 3 heteroatoms. The van der Waals surface area contributed by atoms with Crippen molar-refractivity contribution in [3.05, 3.63) is 54.6 Å². The molecule has 2 aromatic carbocycles. The number of nitrogens with one attached hydrogen (secondary N) is 1. The lowest BCUT2D eigenvalue weighted by atomic mass is 9.95. The zero-order valence-electron chi connectivity index (χ0n) is 12.0. The molecule has 2 nitrogen and oxygen atoms in total. The van der Waals surface area contributed by atoms with Crippen LogP contribution in [0.1, 0.15) is 20.8 Å². The van der Waals surface area contributed by atoms with Crippen LogP contribution < -0.4 is 5.32 Å². The van der Waals surface area contributed by atoms with Crippen LogP contribution in [0.4, 0.5) is 5.69 Å². The molecular weight excluding hydrogens is 266 g/mol. The van der Waals surface area contributed by atoms with Gasteiger partial charge in [0, 0.05) is 15.2 Å². The van der Waals surface area contributed by atoms with Crippen LogP contribution >= 0.6 is 11.8 Å². The van der Waals surface area contributed by atoms with Gasteiger partial charge in [0.25, 0.3) is 0 Å². The van der Waals surface area contributed by atoms with E-state index in [9.17, 15) is 4.79 Å². The van der Waals surface area contributed by atoms with Crippen molar-refractivity contribution in [1.29, 1.82) is 0 Å². The fraction of sp³-hybridized carbons (Fsp3) is 0.235. The molecule has 0 bridgehead atoms. The van der Waals surface area contributed by atoms with Crippen molar-refractivity contribution in [3.63, 3.8) is 0 Å². The van der Waals surface area contributed by atoms with Crippen LogP contribution in [0, 0.1) is 5.41 Å². The molecule has 0 saturated heterocycles. The minimum absolute atomic E-state index is 0.0265. The van der Waals surface area contributed by atoms with Gasteiger partial charge in [-0.25, -0.2) is 0 Å². The first kappa shape index (κ1) is 14.7. The topological polar surface area (TPSA) is 29.1 Å². The van der Waals surface area contributed by atoms with Crippen LogP contribution in [-0.2, 0) is 4.79 Å². The largest absolute Gasteiger partial charge is 0.325 e. The molecule has 0 aliphatic rings. The fourth-order valence-corrected chi connectivity index (χ4v) is 2.51. The molecule has 104 valence electrons. The molecule has 0 radical (unpaired) electrons. The Morgan fingerprint density at radius 1 is 0.950 bits per heavy atom. The van der Waals surface area contributed by atoms with Gasteiger partial charge in [0.1, 0.15) is 0 Å². The van der Waals surface area contributed by atoms with Gasteiger partial charge in [-0.3, -0.25) is 4.79 Å². The summed E-state index contributed by atoms with van der Waals surface area (Å²) in [5.41, 5.74) is 0.464. The first-order chi connectivity index (χ1) is 9.47. The van der Waals surface area contributed by atoms with E-state index in [4.69, 9.17) is 0 Å². The molecule has 2 aromatic rings. The van der Waals surface area contributed by atoms with Crippen LogP contribution in [0.5, 0.6) is 0 Å². The summed E-state index contributed by atoms with van der Waals surface area (Å²) in [6, 6.07) is 18.0. The maximum Gasteiger partial charge on any atom is 0.229 e. The molecule has 20 heavy (non-hydrogen) atoms. The van der Waals surface area contributed by atoms with E-state index in [-0.39, 0.29) is 5.91 Å². The van der Waals surface area contributed by atoms with Gasteiger partial charge < -0.3 is 5.32 Å². The summed E-state index contributed by atoms with van der Waals surface area (Å²) in [5.74, 6) is 0.0265. The van der Waals surface area contributed by atoms with Crippen molar-refractivity contribution in [2.24, 2.45) is 5.41 Å². The van der Waals surface area contributed by atoms with E-state index in [1.165, 1.54) is 0 Å². The minimum Gasteiger partial charge on any atom is -0.325 e. The molecule has 0 atom stereocenters. The Kier molecular flexibility index (Phi) is 4.50. The molecule has 1 N–H and O–H groups in total. The molecule has 0 spiro atoms. The van der Waals surface area contributed by atoms with Crippen molar-refractivity contribution in [2.45, 2.75) is 30.6 Å². The number of hydrogen-bond donors (Lipinski definition) is 1. The summed E-state index contributed by atoms with van der Waals surface area (Å²) in [5, 5.41) is 3.01. The molecule has 0 aliphatic carbocycles. The third-order valence-electron chi connectivity index (χ3n) is 2.79. The highest BCUT2D eigenvalue weighted by molar-refractivity contribution is 7.99. The van der Waals surface area contributed by atoms with E-state index in [0.717, 1.165) is 15.5 Å². The highest BCUT2D eigenvalue weighted by atomic mass is 32.2. The average molecular weight is 285 g/mol. The Morgan fingerprint density at radius 3 is 2.20 bits per heavy atom. The number of carbonyl (C=O) groups excluding carboxylic acids is 1. The zero-order valence-corrected chi connectivity index (χ0v) is 12.8. The van der Waals surface area contributed by atoms with E-state index >= 15 is 0 Å². The van der Waals surface area contributed by atoms with Gasteiger partial charge in [-0.05, 0) is 24.3 Å². The lowest BCUT2D eigenvalue weighted by Gasteiger charge is -2.19. The second-order valence-electron chi connectivity index (χ2n) is 5.62. The van der Waals surface area contributed by atoms with Crippen LogP contribution in [0.2, 0.25) is 0 Å². The quantitative estimate of drug-likeness (QED) is 0.875. The molecule has 0 unspecified atom stereocenters. The molecule has 0 aliphatic heterocycles. The van der Waals surface area contributed by atoms with Gasteiger partial charge in [-0.2, -0.15) is 0 Å². The Labute approximate surface area is 124 Å². The monoisotopic (exact) mass is 285 g/mol. The molecule has 2 rings (SSSR count). The molecule has 1 amide bonds. The minimum atomic E-state index is -0.398. The molecule has 0 saturated carbocycles. The van der Waals surface area contributed by atoms with Gasteiger partial charge in [-0.15, -0.1) is 0 Å². The number of benzene rings is 2. The second kappa shape index (κ2) is 6.14. The lowest BCUT2D eigenvalue weighted by Crippen LogP contribution is -2.27. The second-order valence-corrected chi connectivity index (χ2v) is 6.73. The van der Waals surface area contributed by atoms with Crippen LogP contribution in [0.25, 0.3) is 0 Å². The SMILES string of the molecule is CC(C)(C)C(=O)Nc1ccccc1Sc1ccccc1. The zero-order chi connectivity index (χ0) is 14.6. The highest BCUT2D eigenvalue weighted by Crippen LogP contribution is 2.33. The third kappa shape index (κ3) is 3.87. The predicted octanol–water partition coefficient (Wildman–Crippen LogP) is 4.82. The fourth-order valence-electron chi connectivity index (χ4n) is 1.58. The number of para-hydroxylation sites is 1. The van der Waals surface area contributed by atoms with E-state index in [1.807, 2.05) is 63.2 Å². The Balaban J connectivity index is 2.21. The smallest absolute Gasteiger partial charge is 0.229 e. The molecular formula is C17H19NOS. The molecule has 0 heterocycles. The number of amides is 1. The van der Waals surface area contributed by atoms with Crippen LogP contribution in [0.3, 0.4) is 0 Å². The van der Waals surface area contributed by atoms with Gasteiger partial charge in [0.2, 0.25) is 5.91 Å². The van der Waals surface area contributed by atoms with E-state index in [1.54, 1.807) is 11.8 Å².